The summed E-state index contributed by atoms with van der Waals surface area (Å²) < 4.78 is 16.7. The minimum Gasteiger partial charge on any atom is -0.493 e. The summed E-state index contributed by atoms with van der Waals surface area (Å²) in [6.07, 6.45) is 2.59. The summed E-state index contributed by atoms with van der Waals surface area (Å²) in [7, 11) is 1.52. The molecule has 2 aromatic rings. The van der Waals surface area contributed by atoms with Gasteiger partial charge in [0.05, 0.1) is 12.1 Å². The molecule has 2 aromatic carbocycles. The van der Waals surface area contributed by atoms with Crippen LogP contribution in [0.25, 0.3) is 0 Å². The maximum atomic E-state index is 10.7. The maximum absolute atomic E-state index is 10.7. The Morgan fingerprint density at radius 1 is 1.04 bits per heavy atom. The third kappa shape index (κ3) is 6.68. The lowest BCUT2D eigenvalue weighted by molar-refractivity contribution is -0.136. The zero-order valence-electron chi connectivity index (χ0n) is 15.7. The van der Waals surface area contributed by atoms with Gasteiger partial charge in [-0.25, -0.2) is 0 Å². The summed E-state index contributed by atoms with van der Waals surface area (Å²) in [6, 6.07) is 11.5. The number of benzene rings is 2. The number of ether oxygens (including phenoxy) is 3. The van der Waals surface area contributed by atoms with Crippen LogP contribution in [0.1, 0.15) is 30.9 Å². The van der Waals surface area contributed by atoms with Gasteiger partial charge >= 0.3 is 5.97 Å². The first kappa shape index (κ1) is 20.9. The van der Waals surface area contributed by atoms with Gasteiger partial charge in [0.1, 0.15) is 19.0 Å². The molecule has 2 rings (SSSR count). The summed E-state index contributed by atoms with van der Waals surface area (Å²) >= 11 is 6.28. The van der Waals surface area contributed by atoms with Gasteiger partial charge < -0.3 is 19.3 Å². The minimum atomic E-state index is -0.856. The fourth-order valence-corrected chi connectivity index (χ4v) is 2.94. The van der Waals surface area contributed by atoms with Crippen molar-refractivity contribution in [3.05, 3.63) is 52.5 Å². The highest BCUT2D eigenvalue weighted by atomic mass is 35.5. The molecular formula is C21H25ClO5. The molecule has 6 heteroatoms. The number of aryl methyl sites for hydroxylation is 2. The lowest BCUT2D eigenvalue weighted by Crippen LogP contribution is -2.10. The Kier molecular flexibility index (Phi) is 8.27. The number of carboxylic acids is 1. The lowest BCUT2D eigenvalue weighted by atomic mass is 10.1. The molecule has 0 aliphatic carbocycles. The summed E-state index contributed by atoms with van der Waals surface area (Å²) in [6.45, 7) is 2.83. The van der Waals surface area contributed by atoms with Crippen LogP contribution in [0, 0.1) is 0 Å². The van der Waals surface area contributed by atoms with Gasteiger partial charge in [-0.15, -0.1) is 0 Å². The third-order valence-corrected chi connectivity index (χ3v) is 4.26. The largest absolute Gasteiger partial charge is 0.493 e. The van der Waals surface area contributed by atoms with Crippen LogP contribution in [0.3, 0.4) is 0 Å². The van der Waals surface area contributed by atoms with E-state index in [1.165, 1.54) is 12.7 Å². The van der Waals surface area contributed by atoms with E-state index in [1.807, 2.05) is 12.1 Å². The molecule has 0 saturated carbocycles. The van der Waals surface area contributed by atoms with Crippen LogP contribution in [0.5, 0.6) is 17.2 Å². The first-order valence-electron chi connectivity index (χ1n) is 8.96. The van der Waals surface area contributed by atoms with Gasteiger partial charge in [-0.3, -0.25) is 4.79 Å². The molecule has 0 heterocycles. The van der Waals surface area contributed by atoms with Gasteiger partial charge in [0.25, 0.3) is 0 Å². The van der Waals surface area contributed by atoms with E-state index in [9.17, 15) is 4.79 Å². The first-order valence-corrected chi connectivity index (χ1v) is 9.34. The van der Waals surface area contributed by atoms with Crippen molar-refractivity contribution >= 4 is 17.6 Å². The van der Waals surface area contributed by atoms with Crippen molar-refractivity contribution in [1.82, 2.24) is 0 Å². The van der Waals surface area contributed by atoms with Crippen LogP contribution in [0.15, 0.2) is 36.4 Å². The fourth-order valence-electron chi connectivity index (χ4n) is 2.65. The third-order valence-electron chi connectivity index (χ3n) is 3.98. The molecule has 0 amide bonds. The smallest absolute Gasteiger partial charge is 0.303 e. The fraction of sp³-hybridized carbons (Fsp3) is 0.381. The van der Waals surface area contributed by atoms with Crippen molar-refractivity contribution in [2.45, 2.75) is 32.6 Å². The number of aliphatic carboxylic acids is 1. The molecule has 0 unspecified atom stereocenters. The molecule has 0 spiro atoms. The number of carboxylic acid groups (broad SMARTS) is 1. The Bertz CT molecular complexity index is 743. The molecule has 0 atom stereocenters. The van der Waals surface area contributed by atoms with Crippen LogP contribution >= 0.6 is 11.6 Å². The molecule has 27 heavy (non-hydrogen) atoms. The zero-order valence-corrected chi connectivity index (χ0v) is 16.4. The number of rotatable bonds is 11. The number of methoxy groups -OCH3 is 1. The average molecular weight is 393 g/mol. The SMILES string of the molecule is CCCc1ccc(OCCOc2c(Cl)cc(CCC(=O)O)cc2OC)cc1. The number of halogens is 1. The average Bonchev–Trinajstić information content (AvgIpc) is 2.65. The van der Waals surface area contributed by atoms with Crippen molar-refractivity contribution in [2.24, 2.45) is 0 Å². The van der Waals surface area contributed by atoms with Crippen molar-refractivity contribution in [2.75, 3.05) is 20.3 Å². The number of carbonyl (C=O) groups is 1. The predicted octanol–water partition coefficient (Wildman–Crippen LogP) is 4.78. The molecule has 0 saturated heterocycles. The molecule has 0 aliphatic rings. The Balaban J connectivity index is 1.89. The summed E-state index contributed by atoms with van der Waals surface area (Å²) in [4.78, 5) is 10.7. The monoisotopic (exact) mass is 392 g/mol. The van der Waals surface area contributed by atoms with Gasteiger partial charge in [0.15, 0.2) is 11.5 Å². The highest BCUT2D eigenvalue weighted by Crippen LogP contribution is 2.36. The second-order valence-corrected chi connectivity index (χ2v) is 6.50. The Morgan fingerprint density at radius 2 is 1.74 bits per heavy atom. The van der Waals surface area contributed by atoms with Crippen molar-refractivity contribution in [3.63, 3.8) is 0 Å². The highest BCUT2D eigenvalue weighted by Gasteiger charge is 2.13. The quantitative estimate of drug-likeness (QED) is 0.557. The number of hydrogen-bond acceptors (Lipinski definition) is 4. The first-order chi connectivity index (χ1) is 13.0. The molecule has 5 nitrogen and oxygen atoms in total. The van der Waals surface area contributed by atoms with E-state index in [-0.39, 0.29) is 6.42 Å². The predicted molar refractivity (Wildman–Crippen MR) is 105 cm³/mol. The molecule has 0 bridgehead atoms. The Hall–Kier alpha value is -2.40. The summed E-state index contributed by atoms with van der Waals surface area (Å²) in [5.41, 5.74) is 2.08. The van der Waals surface area contributed by atoms with E-state index >= 15 is 0 Å². The van der Waals surface area contributed by atoms with Crippen LogP contribution in [0.4, 0.5) is 0 Å². The van der Waals surface area contributed by atoms with E-state index < -0.39 is 5.97 Å². The number of hydrogen-bond donors (Lipinski definition) is 1. The minimum absolute atomic E-state index is 0.0323. The molecule has 0 aromatic heterocycles. The Labute approximate surface area is 164 Å². The van der Waals surface area contributed by atoms with E-state index in [2.05, 4.69) is 19.1 Å². The molecule has 146 valence electrons. The van der Waals surface area contributed by atoms with Crippen LogP contribution in [0.2, 0.25) is 5.02 Å². The second kappa shape index (κ2) is 10.7. The molecule has 0 radical (unpaired) electrons. The molecule has 0 fully saturated rings. The van der Waals surface area contributed by atoms with Gasteiger partial charge in [-0.05, 0) is 48.2 Å². The second-order valence-electron chi connectivity index (χ2n) is 6.09. The van der Waals surface area contributed by atoms with Gasteiger partial charge in [-0.1, -0.05) is 37.1 Å². The van der Waals surface area contributed by atoms with Crippen molar-refractivity contribution in [1.29, 1.82) is 0 Å². The van der Waals surface area contributed by atoms with Crippen LogP contribution < -0.4 is 14.2 Å². The zero-order chi connectivity index (χ0) is 19.6. The van der Waals surface area contributed by atoms with Crippen LogP contribution in [-0.4, -0.2) is 31.4 Å². The van der Waals surface area contributed by atoms with E-state index in [1.54, 1.807) is 12.1 Å². The topological polar surface area (TPSA) is 65.0 Å². The standard InChI is InChI=1S/C21H25ClO5/c1-3-4-15-5-8-17(9-6-15)26-11-12-27-21-18(22)13-16(7-10-20(23)24)14-19(21)25-2/h5-6,8-9,13-14H,3-4,7,10-12H2,1-2H3,(H,23,24). The lowest BCUT2D eigenvalue weighted by Gasteiger charge is -2.14. The van der Waals surface area contributed by atoms with Gasteiger partial charge in [0, 0.05) is 6.42 Å². The molecule has 1 N–H and O–H groups in total. The maximum Gasteiger partial charge on any atom is 0.303 e. The van der Waals surface area contributed by atoms with Crippen LogP contribution in [-0.2, 0) is 17.6 Å². The van der Waals surface area contributed by atoms with E-state index in [0.29, 0.717) is 36.2 Å². The van der Waals surface area contributed by atoms with Crippen molar-refractivity contribution < 1.29 is 24.1 Å². The van der Waals surface area contributed by atoms with Gasteiger partial charge in [0.2, 0.25) is 0 Å². The normalized spacial score (nSPS) is 10.5. The molecular weight excluding hydrogens is 368 g/mol. The summed E-state index contributed by atoms with van der Waals surface area (Å²) in [5, 5.41) is 9.19. The van der Waals surface area contributed by atoms with E-state index in [4.69, 9.17) is 30.9 Å². The Morgan fingerprint density at radius 3 is 2.37 bits per heavy atom. The molecule has 0 aliphatic heterocycles. The van der Waals surface area contributed by atoms with E-state index in [0.717, 1.165) is 24.2 Å². The highest BCUT2D eigenvalue weighted by molar-refractivity contribution is 6.32. The van der Waals surface area contributed by atoms with Crippen molar-refractivity contribution in [3.8, 4) is 17.2 Å². The van der Waals surface area contributed by atoms with Gasteiger partial charge in [-0.2, -0.15) is 0 Å². The summed E-state index contributed by atoms with van der Waals surface area (Å²) in [5.74, 6) is 0.845.